The summed E-state index contributed by atoms with van der Waals surface area (Å²) in [5.41, 5.74) is 2.35. The van der Waals surface area contributed by atoms with E-state index in [0.29, 0.717) is 12.2 Å². The van der Waals surface area contributed by atoms with Crippen molar-refractivity contribution in [1.29, 1.82) is 0 Å². The fourth-order valence-electron chi connectivity index (χ4n) is 1.93. The minimum Gasteiger partial charge on any atom is -0.348 e. The van der Waals surface area contributed by atoms with E-state index in [1.807, 2.05) is 30.3 Å². The van der Waals surface area contributed by atoms with Gasteiger partial charge in [0, 0.05) is 18.3 Å². The van der Waals surface area contributed by atoms with Crippen molar-refractivity contribution >= 4 is 27.7 Å². The number of carbonyl (C=O) groups is 1. The molecule has 0 bridgehead atoms. The minimum absolute atomic E-state index is 0.0263. The molecule has 2 N–H and O–H groups in total. The molecule has 0 unspecified atom stereocenters. The molecule has 6 heteroatoms. The van der Waals surface area contributed by atoms with E-state index in [2.05, 4.69) is 10.0 Å². The van der Waals surface area contributed by atoms with Crippen LogP contribution < -0.4 is 10.0 Å². The number of carbonyl (C=O) groups excluding carboxylic acids is 1. The summed E-state index contributed by atoms with van der Waals surface area (Å²) < 4.78 is 25.4. The zero-order chi connectivity index (χ0) is 17.4. The van der Waals surface area contributed by atoms with Crippen LogP contribution in [0.3, 0.4) is 0 Å². The molecule has 0 fully saturated rings. The van der Waals surface area contributed by atoms with Gasteiger partial charge in [0.05, 0.1) is 5.75 Å². The van der Waals surface area contributed by atoms with E-state index in [-0.39, 0.29) is 11.7 Å². The standard InChI is InChI=1S/C18H20N2O3S/c1-2-24(22,23)20-17-11-8-16(9-12-17)14-19-18(21)13-10-15-6-4-3-5-7-15/h3-13,20H,2,14H2,1H3,(H,19,21)/b13-10+. The number of benzene rings is 2. The van der Waals surface area contributed by atoms with Crippen LogP contribution in [0.4, 0.5) is 5.69 Å². The van der Waals surface area contributed by atoms with Gasteiger partial charge in [-0.1, -0.05) is 42.5 Å². The van der Waals surface area contributed by atoms with Crippen molar-refractivity contribution < 1.29 is 13.2 Å². The van der Waals surface area contributed by atoms with Gasteiger partial charge in [-0.3, -0.25) is 9.52 Å². The molecular formula is C18H20N2O3S. The van der Waals surface area contributed by atoms with E-state index < -0.39 is 10.0 Å². The molecule has 0 heterocycles. The summed E-state index contributed by atoms with van der Waals surface area (Å²) in [6, 6.07) is 16.5. The number of hydrogen-bond donors (Lipinski definition) is 2. The van der Waals surface area contributed by atoms with E-state index in [0.717, 1.165) is 11.1 Å². The zero-order valence-electron chi connectivity index (χ0n) is 13.4. The van der Waals surface area contributed by atoms with Gasteiger partial charge in [0.25, 0.3) is 0 Å². The van der Waals surface area contributed by atoms with Crippen LogP contribution in [0, 0.1) is 0 Å². The quantitative estimate of drug-likeness (QED) is 0.759. The molecule has 2 aromatic rings. The lowest BCUT2D eigenvalue weighted by atomic mass is 10.2. The Balaban J connectivity index is 1.86. The molecule has 0 spiro atoms. The summed E-state index contributed by atoms with van der Waals surface area (Å²) in [5, 5.41) is 2.78. The number of anilines is 1. The van der Waals surface area contributed by atoms with Crippen molar-refractivity contribution in [3.8, 4) is 0 Å². The molecule has 2 rings (SSSR count). The maximum atomic E-state index is 11.8. The molecule has 0 aliphatic rings. The highest BCUT2D eigenvalue weighted by Gasteiger charge is 2.06. The van der Waals surface area contributed by atoms with E-state index in [9.17, 15) is 13.2 Å². The minimum atomic E-state index is -3.27. The molecule has 5 nitrogen and oxygen atoms in total. The number of rotatable bonds is 7. The zero-order valence-corrected chi connectivity index (χ0v) is 14.2. The van der Waals surface area contributed by atoms with E-state index >= 15 is 0 Å². The second-order valence-electron chi connectivity index (χ2n) is 5.16. The largest absolute Gasteiger partial charge is 0.348 e. The maximum Gasteiger partial charge on any atom is 0.244 e. The van der Waals surface area contributed by atoms with Gasteiger partial charge < -0.3 is 5.32 Å². The van der Waals surface area contributed by atoms with Crippen LogP contribution in [0.2, 0.25) is 0 Å². The van der Waals surface area contributed by atoms with Gasteiger partial charge in [0.15, 0.2) is 0 Å². The van der Waals surface area contributed by atoms with Crippen molar-refractivity contribution in [1.82, 2.24) is 5.32 Å². The third kappa shape index (κ3) is 5.89. The molecule has 0 saturated carbocycles. The highest BCUT2D eigenvalue weighted by Crippen LogP contribution is 2.11. The summed E-state index contributed by atoms with van der Waals surface area (Å²) in [6.45, 7) is 1.95. The molecule has 1 amide bonds. The third-order valence-electron chi connectivity index (χ3n) is 3.30. The Kier molecular flexibility index (Phi) is 6.14. The van der Waals surface area contributed by atoms with Crippen LogP contribution in [0.25, 0.3) is 6.08 Å². The Labute approximate surface area is 142 Å². The number of amides is 1. The van der Waals surface area contributed by atoms with Crippen molar-refractivity contribution in [2.75, 3.05) is 10.5 Å². The average molecular weight is 344 g/mol. The molecule has 0 radical (unpaired) electrons. The van der Waals surface area contributed by atoms with Crippen molar-refractivity contribution in [3.05, 3.63) is 71.8 Å². The average Bonchev–Trinajstić information content (AvgIpc) is 2.60. The molecule has 126 valence electrons. The van der Waals surface area contributed by atoms with Crippen LogP contribution in [-0.4, -0.2) is 20.1 Å². The first-order valence-corrected chi connectivity index (χ1v) is 9.24. The van der Waals surface area contributed by atoms with Crippen LogP contribution in [0.1, 0.15) is 18.1 Å². The first kappa shape index (κ1) is 17.7. The van der Waals surface area contributed by atoms with Gasteiger partial charge >= 0.3 is 0 Å². The normalized spacial score (nSPS) is 11.4. The summed E-state index contributed by atoms with van der Waals surface area (Å²) in [5.74, 6) is -0.159. The number of nitrogens with one attached hydrogen (secondary N) is 2. The van der Waals surface area contributed by atoms with Gasteiger partial charge in [-0.25, -0.2) is 8.42 Å². The fraction of sp³-hybridized carbons (Fsp3) is 0.167. The SMILES string of the molecule is CCS(=O)(=O)Nc1ccc(CNC(=O)/C=C/c2ccccc2)cc1. The van der Waals surface area contributed by atoms with Crippen molar-refractivity contribution in [2.24, 2.45) is 0 Å². The summed E-state index contributed by atoms with van der Waals surface area (Å²) in [6.07, 6.45) is 3.23. The van der Waals surface area contributed by atoms with Crippen molar-refractivity contribution in [2.45, 2.75) is 13.5 Å². The lowest BCUT2D eigenvalue weighted by Crippen LogP contribution is -2.20. The Morgan fingerprint density at radius 3 is 2.33 bits per heavy atom. The van der Waals surface area contributed by atoms with Gasteiger partial charge in [0.1, 0.15) is 0 Å². The summed E-state index contributed by atoms with van der Waals surface area (Å²) >= 11 is 0. The lowest BCUT2D eigenvalue weighted by Gasteiger charge is -2.07. The van der Waals surface area contributed by atoms with Crippen LogP contribution >= 0.6 is 0 Å². The predicted octanol–water partition coefficient (Wildman–Crippen LogP) is 2.78. The van der Waals surface area contributed by atoms with Gasteiger partial charge in [-0.2, -0.15) is 0 Å². The molecule has 0 aliphatic carbocycles. The molecular weight excluding hydrogens is 324 g/mol. The predicted molar refractivity (Wildman–Crippen MR) is 96.8 cm³/mol. The molecule has 0 aliphatic heterocycles. The first-order valence-electron chi connectivity index (χ1n) is 7.59. The molecule has 24 heavy (non-hydrogen) atoms. The monoisotopic (exact) mass is 344 g/mol. The Bertz CT molecular complexity index is 798. The highest BCUT2D eigenvalue weighted by molar-refractivity contribution is 7.92. The summed E-state index contributed by atoms with van der Waals surface area (Å²) in [7, 11) is -3.27. The topological polar surface area (TPSA) is 75.3 Å². The number of hydrogen-bond acceptors (Lipinski definition) is 3. The van der Waals surface area contributed by atoms with Gasteiger partial charge in [-0.15, -0.1) is 0 Å². The lowest BCUT2D eigenvalue weighted by molar-refractivity contribution is -0.116. The second-order valence-corrected chi connectivity index (χ2v) is 7.18. The first-order chi connectivity index (χ1) is 11.5. The van der Waals surface area contributed by atoms with Crippen LogP contribution in [0.15, 0.2) is 60.7 Å². The fourth-order valence-corrected chi connectivity index (χ4v) is 2.57. The van der Waals surface area contributed by atoms with Crippen molar-refractivity contribution in [3.63, 3.8) is 0 Å². The highest BCUT2D eigenvalue weighted by atomic mass is 32.2. The van der Waals surface area contributed by atoms with Gasteiger partial charge in [-0.05, 0) is 36.3 Å². The molecule has 0 saturated heterocycles. The molecule has 0 aromatic heterocycles. The van der Waals surface area contributed by atoms with E-state index in [1.54, 1.807) is 37.3 Å². The smallest absolute Gasteiger partial charge is 0.244 e. The Morgan fingerprint density at radius 1 is 1.04 bits per heavy atom. The summed E-state index contributed by atoms with van der Waals surface area (Å²) in [4.78, 5) is 11.8. The number of sulfonamides is 1. The third-order valence-corrected chi connectivity index (χ3v) is 4.61. The van der Waals surface area contributed by atoms with E-state index in [4.69, 9.17) is 0 Å². The van der Waals surface area contributed by atoms with Crippen LogP contribution in [0.5, 0.6) is 0 Å². The Hall–Kier alpha value is -2.60. The Morgan fingerprint density at radius 2 is 1.71 bits per heavy atom. The van der Waals surface area contributed by atoms with Gasteiger partial charge in [0.2, 0.25) is 15.9 Å². The molecule has 2 aromatic carbocycles. The van der Waals surface area contributed by atoms with Crippen LogP contribution in [-0.2, 0) is 21.4 Å². The second kappa shape index (κ2) is 8.31. The van der Waals surface area contributed by atoms with E-state index in [1.165, 1.54) is 6.08 Å². The molecule has 0 atom stereocenters. The maximum absolute atomic E-state index is 11.8.